The van der Waals surface area contributed by atoms with Gasteiger partial charge in [-0.1, -0.05) is 0 Å². The largest absolute Gasteiger partial charge is 0.389 e. The van der Waals surface area contributed by atoms with E-state index in [1.165, 1.54) is 16.9 Å². The molecule has 0 fully saturated rings. The summed E-state index contributed by atoms with van der Waals surface area (Å²) in [7, 11) is 1.56. The fourth-order valence-corrected chi connectivity index (χ4v) is 1.18. The van der Waals surface area contributed by atoms with Gasteiger partial charge in [-0.25, -0.2) is 0 Å². The van der Waals surface area contributed by atoms with Crippen LogP contribution in [0.4, 0.5) is 5.82 Å². The van der Waals surface area contributed by atoms with Gasteiger partial charge in [0.15, 0.2) is 0 Å². The molecule has 0 aliphatic heterocycles. The molecule has 1 rings (SSSR count). The van der Waals surface area contributed by atoms with Crippen LogP contribution in [-0.2, 0) is 16.0 Å². The Kier molecular flexibility index (Phi) is 5.53. The van der Waals surface area contributed by atoms with E-state index < -0.39 is 11.0 Å². The van der Waals surface area contributed by atoms with Gasteiger partial charge < -0.3 is 24.7 Å². The van der Waals surface area contributed by atoms with Gasteiger partial charge in [-0.3, -0.25) is 0 Å². The summed E-state index contributed by atoms with van der Waals surface area (Å²) >= 11 is 0. The predicted molar refractivity (Wildman–Crippen MR) is 57.6 cm³/mol. The molecule has 17 heavy (non-hydrogen) atoms. The Bertz CT molecular complexity index is 354. The third-order valence-electron chi connectivity index (χ3n) is 1.95. The first-order valence-electron chi connectivity index (χ1n) is 5.06. The van der Waals surface area contributed by atoms with Crippen molar-refractivity contribution in [1.82, 2.24) is 9.78 Å². The highest BCUT2D eigenvalue weighted by atomic mass is 16.6. The van der Waals surface area contributed by atoms with Crippen LogP contribution >= 0.6 is 0 Å². The van der Waals surface area contributed by atoms with Gasteiger partial charge in [0.05, 0.1) is 49.8 Å². The maximum atomic E-state index is 10.4. The normalized spacial score (nSPS) is 12.6. The number of methoxy groups -OCH3 is 1. The van der Waals surface area contributed by atoms with Crippen LogP contribution in [0.25, 0.3) is 0 Å². The van der Waals surface area contributed by atoms with Crippen molar-refractivity contribution >= 4 is 5.82 Å². The Balaban J connectivity index is 2.29. The second-order valence-electron chi connectivity index (χ2n) is 3.37. The standard InChI is InChI=1S/C9H15N3O5/c1-16-4-5-17-7-8(13)6-11-3-2-9(10-11)12(14)15/h2-3,8,13H,4-7H2,1H3. The van der Waals surface area contributed by atoms with Gasteiger partial charge in [-0.15, -0.1) is 0 Å². The van der Waals surface area contributed by atoms with Crippen LogP contribution in [0.5, 0.6) is 0 Å². The fraction of sp³-hybridized carbons (Fsp3) is 0.667. The van der Waals surface area contributed by atoms with Gasteiger partial charge >= 0.3 is 5.82 Å². The van der Waals surface area contributed by atoms with E-state index in [0.29, 0.717) is 13.2 Å². The van der Waals surface area contributed by atoms with Crippen LogP contribution in [0.15, 0.2) is 12.3 Å². The second-order valence-corrected chi connectivity index (χ2v) is 3.37. The molecule has 0 aliphatic rings. The minimum atomic E-state index is -0.758. The number of aromatic nitrogens is 2. The molecule has 1 N–H and O–H groups in total. The topological polar surface area (TPSA) is 99.6 Å². The third kappa shape index (κ3) is 4.89. The van der Waals surface area contributed by atoms with Crippen LogP contribution in [-0.4, -0.2) is 52.8 Å². The maximum absolute atomic E-state index is 10.4. The summed E-state index contributed by atoms with van der Waals surface area (Å²) in [6, 6.07) is 1.28. The summed E-state index contributed by atoms with van der Waals surface area (Å²) in [5.74, 6) is -0.238. The third-order valence-corrected chi connectivity index (χ3v) is 1.95. The van der Waals surface area contributed by atoms with Gasteiger partial charge in [-0.2, -0.15) is 4.68 Å². The van der Waals surface area contributed by atoms with E-state index in [0.717, 1.165) is 0 Å². The van der Waals surface area contributed by atoms with Gasteiger partial charge in [0.2, 0.25) is 0 Å². The Labute approximate surface area is 97.9 Å². The molecular weight excluding hydrogens is 230 g/mol. The van der Waals surface area contributed by atoms with Crippen molar-refractivity contribution in [2.24, 2.45) is 0 Å². The lowest BCUT2D eigenvalue weighted by molar-refractivity contribution is -0.389. The zero-order valence-corrected chi connectivity index (χ0v) is 9.48. The van der Waals surface area contributed by atoms with Crippen molar-refractivity contribution in [1.29, 1.82) is 0 Å². The zero-order valence-electron chi connectivity index (χ0n) is 9.48. The SMILES string of the molecule is COCCOCC(O)Cn1ccc([N+](=O)[O-])n1. The summed E-state index contributed by atoms with van der Waals surface area (Å²) < 4.78 is 11.2. The number of hydrogen-bond acceptors (Lipinski definition) is 6. The summed E-state index contributed by atoms with van der Waals surface area (Å²) in [5.41, 5.74) is 0. The van der Waals surface area contributed by atoms with E-state index >= 15 is 0 Å². The summed E-state index contributed by atoms with van der Waals surface area (Å²) in [6.45, 7) is 1.14. The number of ether oxygens (including phenoxy) is 2. The molecule has 0 amide bonds. The quantitative estimate of drug-likeness (QED) is 0.387. The summed E-state index contributed by atoms with van der Waals surface area (Å²) in [4.78, 5) is 9.79. The highest BCUT2D eigenvalue weighted by Crippen LogP contribution is 2.05. The molecule has 1 heterocycles. The first-order chi connectivity index (χ1) is 8.13. The lowest BCUT2D eigenvalue weighted by Gasteiger charge is -2.09. The first kappa shape index (κ1) is 13.6. The van der Waals surface area contributed by atoms with Crippen molar-refractivity contribution in [3.63, 3.8) is 0 Å². The second kappa shape index (κ2) is 6.94. The van der Waals surface area contributed by atoms with Gasteiger partial charge in [0.1, 0.15) is 0 Å². The Morgan fingerprint density at radius 3 is 3.00 bits per heavy atom. The van der Waals surface area contributed by atoms with Crippen LogP contribution in [0.3, 0.4) is 0 Å². The molecule has 0 spiro atoms. The van der Waals surface area contributed by atoms with Crippen molar-refractivity contribution in [2.75, 3.05) is 26.9 Å². The van der Waals surface area contributed by atoms with Crippen molar-refractivity contribution in [3.8, 4) is 0 Å². The van der Waals surface area contributed by atoms with E-state index in [4.69, 9.17) is 9.47 Å². The average molecular weight is 245 g/mol. The minimum Gasteiger partial charge on any atom is -0.389 e. The number of aliphatic hydroxyl groups excluding tert-OH is 1. The van der Waals surface area contributed by atoms with Crippen LogP contribution in [0.1, 0.15) is 0 Å². The smallest absolute Gasteiger partial charge is 0.389 e. The van der Waals surface area contributed by atoms with E-state index in [2.05, 4.69) is 5.10 Å². The number of hydrogen-bond donors (Lipinski definition) is 1. The molecule has 0 saturated carbocycles. The van der Waals surface area contributed by atoms with E-state index in [-0.39, 0.29) is 19.0 Å². The molecule has 8 nitrogen and oxygen atoms in total. The zero-order chi connectivity index (χ0) is 12.7. The molecule has 0 radical (unpaired) electrons. The Hall–Kier alpha value is -1.51. The van der Waals surface area contributed by atoms with E-state index in [9.17, 15) is 15.2 Å². The minimum absolute atomic E-state index is 0.136. The lowest BCUT2D eigenvalue weighted by Crippen LogP contribution is -2.23. The monoisotopic (exact) mass is 245 g/mol. The lowest BCUT2D eigenvalue weighted by atomic mass is 10.4. The van der Waals surface area contributed by atoms with Crippen LogP contribution in [0, 0.1) is 10.1 Å². The molecule has 0 saturated heterocycles. The molecule has 1 unspecified atom stereocenters. The van der Waals surface area contributed by atoms with Gasteiger partial charge in [-0.05, 0) is 4.92 Å². The summed E-state index contributed by atoms with van der Waals surface area (Å²) in [5, 5.41) is 23.6. The molecule has 0 aliphatic carbocycles. The van der Waals surface area contributed by atoms with Crippen molar-refractivity contribution in [2.45, 2.75) is 12.6 Å². The van der Waals surface area contributed by atoms with Gasteiger partial charge in [0, 0.05) is 7.11 Å². The predicted octanol–water partition coefficient (Wildman–Crippen LogP) is -0.185. The average Bonchev–Trinajstić information content (AvgIpc) is 2.73. The van der Waals surface area contributed by atoms with E-state index in [1.54, 1.807) is 7.11 Å². The molecule has 1 aromatic rings. The molecule has 1 aromatic heterocycles. The number of nitrogens with zero attached hydrogens (tertiary/aromatic N) is 3. The van der Waals surface area contributed by atoms with Crippen molar-refractivity contribution < 1.29 is 19.5 Å². The molecule has 1 atom stereocenters. The first-order valence-corrected chi connectivity index (χ1v) is 5.06. The van der Waals surface area contributed by atoms with Gasteiger partial charge in [0.25, 0.3) is 0 Å². The number of rotatable bonds is 8. The fourth-order valence-electron chi connectivity index (χ4n) is 1.18. The summed E-state index contributed by atoms with van der Waals surface area (Å²) in [6.07, 6.45) is 0.683. The molecular formula is C9H15N3O5. The van der Waals surface area contributed by atoms with E-state index in [1.807, 2.05) is 0 Å². The molecule has 8 heteroatoms. The van der Waals surface area contributed by atoms with Crippen LogP contribution in [0.2, 0.25) is 0 Å². The number of nitro groups is 1. The number of aliphatic hydroxyl groups is 1. The highest BCUT2D eigenvalue weighted by molar-refractivity contribution is 5.13. The molecule has 0 aromatic carbocycles. The Morgan fingerprint density at radius 2 is 2.41 bits per heavy atom. The van der Waals surface area contributed by atoms with Crippen LogP contribution < -0.4 is 0 Å². The van der Waals surface area contributed by atoms with Crippen molar-refractivity contribution in [3.05, 3.63) is 22.4 Å². The molecule has 96 valence electrons. The maximum Gasteiger partial charge on any atom is 0.389 e. The molecule has 0 bridgehead atoms. The Morgan fingerprint density at radius 1 is 1.65 bits per heavy atom. The highest BCUT2D eigenvalue weighted by Gasteiger charge is 2.13.